The maximum Gasteiger partial charge on any atom is 0.227 e. The van der Waals surface area contributed by atoms with E-state index in [9.17, 15) is 4.79 Å². The third-order valence-electron chi connectivity index (χ3n) is 3.79. The molecular formula is C19H34N4O3. The van der Waals surface area contributed by atoms with Crippen LogP contribution >= 0.6 is 0 Å². The molecule has 1 aromatic heterocycles. The van der Waals surface area contributed by atoms with Gasteiger partial charge in [0.15, 0.2) is 5.96 Å². The number of nitrogens with one attached hydrogen (secondary N) is 3. The molecule has 0 aliphatic carbocycles. The summed E-state index contributed by atoms with van der Waals surface area (Å²) in [5.41, 5.74) is -0.559. The van der Waals surface area contributed by atoms with Crippen LogP contribution in [0.2, 0.25) is 0 Å². The number of ether oxygens (including phenoxy) is 1. The minimum absolute atomic E-state index is 0.00929. The Labute approximate surface area is 157 Å². The number of carbonyl (C=O) groups excluding carboxylic acids is 1. The molecule has 0 radical (unpaired) electrons. The van der Waals surface area contributed by atoms with Crippen molar-refractivity contribution in [2.75, 3.05) is 39.4 Å². The van der Waals surface area contributed by atoms with Crippen LogP contribution in [0.3, 0.4) is 0 Å². The highest BCUT2D eigenvalue weighted by molar-refractivity contribution is 5.83. The maximum absolute atomic E-state index is 12.1. The zero-order chi connectivity index (χ0) is 19.3. The van der Waals surface area contributed by atoms with E-state index in [4.69, 9.17) is 9.15 Å². The summed E-state index contributed by atoms with van der Waals surface area (Å²) in [5.74, 6) is 1.64. The van der Waals surface area contributed by atoms with Gasteiger partial charge in [0.05, 0.1) is 18.2 Å². The van der Waals surface area contributed by atoms with Gasteiger partial charge in [-0.2, -0.15) is 0 Å². The average Bonchev–Trinajstić information content (AvgIpc) is 3.12. The summed E-state index contributed by atoms with van der Waals surface area (Å²) in [7, 11) is 0. The molecule has 0 aromatic carbocycles. The van der Waals surface area contributed by atoms with Gasteiger partial charge in [-0.3, -0.25) is 9.79 Å². The molecule has 26 heavy (non-hydrogen) atoms. The molecule has 0 fully saturated rings. The van der Waals surface area contributed by atoms with Crippen LogP contribution in [0.25, 0.3) is 0 Å². The van der Waals surface area contributed by atoms with Crippen molar-refractivity contribution in [3.8, 4) is 0 Å². The Hall–Kier alpha value is -2.02. The monoisotopic (exact) mass is 366 g/mol. The van der Waals surface area contributed by atoms with Gasteiger partial charge in [-0.25, -0.2) is 0 Å². The molecule has 0 unspecified atom stereocenters. The number of hydrogen-bond donors (Lipinski definition) is 3. The van der Waals surface area contributed by atoms with Gasteiger partial charge in [0.25, 0.3) is 0 Å². The van der Waals surface area contributed by atoms with E-state index in [1.807, 2.05) is 39.8 Å². The van der Waals surface area contributed by atoms with E-state index in [0.717, 1.165) is 31.8 Å². The van der Waals surface area contributed by atoms with Crippen molar-refractivity contribution >= 4 is 11.9 Å². The van der Waals surface area contributed by atoms with Crippen molar-refractivity contribution in [3.05, 3.63) is 24.2 Å². The quantitative estimate of drug-likeness (QED) is 0.299. The van der Waals surface area contributed by atoms with Crippen LogP contribution in [0.15, 0.2) is 27.8 Å². The number of aliphatic imine (C=N–C) groups is 1. The van der Waals surface area contributed by atoms with E-state index in [0.29, 0.717) is 32.2 Å². The third kappa shape index (κ3) is 8.89. The summed E-state index contributed by atoms with van der Waals surface area (Å²) in [6.45, 7) is 11.6. The Morgan fingerprint density at radius 2 is 2.00 bits per heavy atom. The van der Waals surface area contributed by atoms with E-state index >= 15 is 0 Å². The van der Waals surface area contributed by atoms with Gasteiger partial charge < -0.3 is 25.1 Å². The Morgan fingerprint density at radius 3 is 2.65 bits per heavy atom. The molecule has 1 rings (SSSR count). The summed E-state index contributed by atoms with van der Waals surface area (Å²) in [6, 6.07) is 3.83. The molecular weight excluding hydrogens is 332 g/mol. The second kappa shape index (κ2) is 12.4. The highest BCUT2D eigenvalue weighted by atomic mass is 16.5. The van der Waals surface area contributed by atoms with E-state index in [2.05, 4.69) is 20.9 Å². The Morgan fingerprint density at radius 1 is 1.23 bits per heavy atom. The molecule has 1 amide bonds. The highest BCUT2D eigenvalue weighted by Crippen LogP contribution is 2.15. The Kier molecular flexibility index (Phi) is 10.5. The number of rotatable bonds is 12. The zero-order valence-corrected chi connectivity index (χ0v) is 16.6. The van der Waals surface area contributed by atoms with Gasteiger partial charge in [0.1, 0.15) is 5.76 Å². The molecule has 0 aliphatic heterocycles. The smallest absolute Gasteiger partial charge is 0.227 e. The van der Waals surface area contributed by atoms with Crippen molar-refractivity contribution in [1.29, 1.82) is 0 Å². The largest absolute Gasteiger partial charge is 0.469 e. The van der Waals surface area contributed by atoms with E-state index in [1.165, 1.54) is 0 Å². The van der Waals surface area contributed by atoms with Gasteiger partial charge in [-0.05, 0) is 46.2 Å². The fourth-order valence-electron chi connectivity index (χ4n) is 2.21. The minimum atomic E-state index is -0.559. The second-order valence-corrected chi connectivity index (χ2v) is 6.64. The van der Waals surface area contributed by atoms with E-state index in [-0.39, 0.29) is 5.91 Å². The van der Waals surface area contributed by atoms with Crippen LogP contribution in [0.4, 0.5) is 0 Å². The van der Waals surface area contributed by atoms with Crippen LogP contribution in [0.5, 0.6) is 0 Å². The summed E-state index contributed by atoms with van der Waals surface area (Å²) in [5, 5.41) is 9.46. The SMILES string of the molecule is CCNC(=O)C(C)(C)CN=C(NCCCOCC)NCCc1ccco1. The number of nitrogens with zero attached hydrogens (tertiary/aromatic N) is 1. The van der Waals surface area contributed by atoms with Crippen molar-refractivity contribution < 1.29 is 13.9 Å². The average molecular weight is 367 g/mol. The standard InChI is InChI=1S/C19H34N4O3/c1-5-20-17(24)19(3,4)15-23-18(21-11-8-13-25-6-2)22-12-10-16-9-7-14-26-16/h7,9,14H,5-6,8,10-13,15H2,1-4H3,(H,20,24)(H2,21,22,23). The lowest BCUT2D eigenvalue weighted by Crippen LogP contribution is -2.42. The van der Waals surface area contributed by atoms with Crippen LogP contribution in [-0.2, 0) is 16.0 Å². The molecule has 0 saturated carbocycles. The molecule has 0 saturated heterocycles. The third-order valence-corrected chi connectivity index (χ3v) is 3.79. The fourth-order valence-corrected chi connectivity index (χ4v) is 2.21. The Balaban J connectivity index is 2.54. The first-order valence-electron chi connectivity index (χ1n) is 9.40. The van der Waals surface area contributed by atoms with Crippen molar-refractivity contribution in [2.24, 2.45) is 10.4 Å². The predicted molar refractivity (Wildman–Crippen MR) is 104 cm³/mol. The molecule has 0 atom stereocenters. The van der Waals surface area contributed by atoms with Crippen LogP contribution in [0.1, 0.15) is 39.9 Å². The topological polar surface area (TPSA) is 87.9 Å². The van der Waals surface area contributed by atoms with Crippen LogP contribution in [-0.4, -0.2) is 51.3 Å². The number of guanidine groups is 1. The molecule has 0 bridgehead atoms. The van der Waals surface area contributed by atoms with Gasteiger partial charge in [-0.15, -0.1) is 0 Å². The zero-order valence-electron chi connectivity index (χ0n) is 16.6. The lowest BCUT2D eigenvalue weighted by Gasteiger charge is -2.22. The first kappa shape index (κ1) is 22.0. The van der Waals surface area contributed by atoms with Crippen molar-refractivity contribution in [2.45, 2.75) is 40.5 Å². The molecule has 1 aromatic rings. The maximum atomic E-state index is 12.1. The van der Waals surface area contributed by atoms with Gasteiger partial charge in [-0.1, -0.05) is 0 Å². The van der Waals surface area contributed by atoms with Crippen molar-refractivity contribution in [1.82, 2.24) is 16.0 Å². The molecule has 7 nitrogen and oxygen atoms in total. The lowest BCUT2D eigenvalue weighted by molar-refractivity contribution is -0.128. The summed E-state index contributed by atoms with van der Waals surface area (Å²) >= 11 is 0. The number of amides is 1. The first-order chi connectivity index (χ1) is 12.5. The Bertz CT molecular complexity index is 527. The van der Waals surface area contributed by atoms with Crippen LogP contribution < -0.4 is 16.0 Å². The lowest BCUT2D eigenvalue weighted by atomic mass is 9.92. The summed E-state index contributed by atoms with van der Waals surface area (Å²) in [6.07, 6.45) is 3.34. The molecule has 3 N–H and O–H groups in total. The summed E-state index contributed by atoms with van der Waals surface area (Å²) < 4.78 is 10.7. The van der Waals surface area contributed by atoms with E-state index in [1.54, 1.807) is 6.26 Å². The number of furan rings is 1. The van der Waals surface area contributed by atoms with Gasteiger partial charge >= 0.3 is 0 Å². The predicted octanol–water partition coefficient (Wildman–Crippen LogP) is 1.95. The molecule has 0 aliphatic rings. The molecule has 0 spiro atoms. The number of hydrogen-bond acceptors (Lipinski definition) is 4. The molecule has 1 heterocycles. The minimum Gasteiger partial charge on any atom is -0.469 e. The molecule has 148 valence electrons. The summed E-state index contributed by atoms with van der Waals surface area (Å²) in [4.78, 5) is 16.7. The number of carbonyl (C=O) groups is 1. The fraction of sp³-hybridized carbons (Fsp3) is 0.684. The highest BCUT2D eigenvalue weighted by Gasteiger charge is 2.26. The van der Waals surface area contributed by atoms with E-state index < -0.39 is 5.41 Å². The normalized spacial score (nSPS) is 12.1. The van der Waals surface area contributed by atoms with Gasteiger partial charge in [0.2, 0.25) is 5.91 Å². The first-order valence-corrected chi connectivity index (χ1v) is 9.40. The molecule has 7 heteroatoms. The van der Waals surface area contributed by atoms with Crippen LogP contribution in [0, 0.1) is 5.41 Å². The van der Waals surface area contributed by atoms with Crippen molar-refractivity contribution in [3.63, 3.8) is 0 Å². The second-order valence-electron chi connectivity index (χ2n) is 6.64. The van der Waals surface area contributed by atoms with Gasteiger partial charge in [0, 0.05) is 39.3 Å².